The molecule has 0 spiro atoms. The van der Waals surface area contributed by atoms with Crippen LogP contribution in [0.1, 0.15) is 39.1 Å². The molecule has 1 aliphatic carbocycles. The molecule has 0 amide bonds. The van der Waals surface area contributed by atoms with Crippen LogP contribution in [0.4, 0.5) is 8.78 Å². The topological polar surface area (TPSA) is 54.4 Å². The van der Waals surface area contributed by atoms with Crippen molar-refractivity contribution in [3.8, 4) is 0 Å². The minimum Gasteiger partial charge on any atom is -0.478 e. The lowest BCUT2D eigenvalue weighted by molar-refractivity contribution is 0.00523. The lowest BCUT2D eigenvalue weighted by Crippen LogP contribution is -2.27. The minimum absolute atomic E-state index is 0.144. The number of benzene rings is 1. The van der Waals surface area contributed by atoms with E-state index in [0.717, 1.165) is 6.07 Å². The van der Waals surface area contributed by atoms with Crippen LogP contribution >= 0.6 is 0 Å². The fourth-order valence-electron chi connectivity index (χ4n) is 1.95. The first-order chi connectivity index (χ1) is 7.92. The maximum absolute atomic E-state index is 13.4. The number of hydrogen-bond acceptors (Lipinski definition) is 2. The minimum atomic E-state index is -3.39. The lowest BCUT2D eigenvalue weighted by Gasteiger charge is -2.12. The van der Waals surface area contributed by atoms with E-state index in [1.54, 1.807) is 0 Å². The normalized spacial score (nSPS) is 18.4. The summed E-state index contributed by atoms with van der Waals surface area (Å²) >= 11 is 0. The van der Waals surface area contributed by atoms with Gasteiger partial charge in [0.25, 0.3) is 0 Å². The predicted octanol–water partition coefficient (Wildman–Crippen LogP) is 2.54. The zero-order valence-electron chi connectivity index (χ0n) is 8.87. The summed E-state index contributed by atoms with van der Waals surface area (Å²) in [7, 11) is 0. The highest BCUT2D eigenvalue weighted by atomic mass is 19.3. The van der Waals surface area contributed by atoms with Gasteiger partial charge in [0.2, 0.25) is 5.78 Å². The van der Waals surface area contributed by atoms with Crippen molar-refractivity contribution >= 4 is 11.8 Å². The van der Waals surface area contributed by atoms with Crippen LogP contribution in [0.2, 0.25) is 0 Å². The highest BCUT2D eigenvalue weighted by Gasteiger charge is 2.41. The van der Waals surface area contributed by atoms with Crippen LogP contribution in [0.15, 0.2) is 18.2 Å². The largest absolute Gasteiger partial charge is 0.478 e. The molecule has 90 valence electrons. The number of carbonyl (C=O) groups excluding carboxylic acids is 1. The summed E-state index contributed by atoms with van der Waals surface area (Å²) in [5, 5.41) is 8.77. The van der Waals surface area contributed by atoms with Crippen molar-refractivity contribution in [3.63, 3.8) is 0 Å². The van der Waals surface area contributed by atoms with Crippen LogP contribution in [0, 0.1) is 0 Å². The van der Waals surface area contributed by atoms with Gasteiger partial charge in [0.1, 0.15) is 0 Å². The second kappa shape index (κ2) is 3.91. The van der Waals surface area contributed by atoms with E-state index in [1.165, 1.54) is 12.1 Å². The Kier molecular flexibility index (Phi) is 2.69. The number of halogens is 2. The molecule has 1 N–H and O–H groups in total. The van der Waals surface area contributed by atoms with Gasteiger partial charge in [0.15, 0.2) is 0 Å². The SMILES string of the molecule is O=C(O)c1ccc2c(c1)C(=O)C(F)(F)CCC2. The van der Waals surface area contributed by atoms with Gasteiger partial charge in [0, 0.05) is 12.0 Å². The van der Waals surface area contributed by atoms with E-state index >= 15 is 0 Å². The van der Waals surface area contributed by atoms with Crippen LogP contribution in [0.25, 0.3) is 0 Å². The number of rotatable bonds is 1. The Hall–Kier alpha value is -1.78. The van der Waals surface area contributed by atoms with Crippen molar-refractivity contribution in [1.29, 1.82) is 0 Å². The fraction of sp³-hybridized carbons (Fsp3) is 0.333. The van der Waals surface area contributed by atoms with Gasteiger partial charge >= 0.3 is 11.9 Å². The quantitative estimate of drug-likeness (QED) is 0.767. The zero-order chi connectivity index (χ0) is 12.6. The number of hydrogen-bond donors (Lipinski definition) is 1. The van der Waals surface area contributed by atoms with Crippen LogP contribution in [0.3, 0.4) is 0 Å². The second-order valence-electron chi connectivity index (χ2n) is 4.06. The standard InChI is InChI=1S/C12H10F2O3/c13-12(14)5-1-2-7-3-4-8(11(16)17)6-9(7)10(12)15/h3-4,6H,1-2,5H2,(H,16,17). The average molecular weight is 240 g/mol. The van der Waals surface area contributed by atoms with E-state index in [0.29, 0.717) is 12.0 Å². The Morgan fingerprint density at radius 3 is 2.71 bits per heavy atom. The molecular weight excluding hydrogens is 230 g/mol. The molecule has 0 saturated carbocycles. The van der Waals surface area contributed by atoms with E-state index in [4.69, 9.17) is 5.11 Å². The number of fused-ring (bicyclic) bond motifs is 1. The Morgan fingerprint density at radius 2 is 2.06 bits per heavy atom. The smallest absolute Gasteiger partial charge is 0.335 e. The Morgan fingerprint density at radius 1 is 1.35 bits per heavy atom. The molecule has 1 aromatic carbocycles. The Balaban J connectivity index is 2.55. The molecule has 0 aromatic heterocycles. The van der Waals surface area contributed by atoms with Gasteiger partial charge in [-0.15, -0.1) is 0 Å². The maximum Gasteiger partial charge on any atom is 0.335 e. The average Bonchev–Trinajstić information content (AvgIpc) is 2.37. The first-order valence-electron chi connectivity index (χ1n) is 5.20. The summed E-state index contributed by atoms with van der Waals surface area (Å²) in [4.78, 5) is 22.3. The van der Waals surface area contributed by atoms with Crippen molar-refractivity contribution in [1.82, 2.24) is 0 Å². The molecule has 3 nitrogen and oxygen atoms in total. The second-order valence-corrected chi connectivity index (χ2v) is 4.06. The van der Waals surface area contributed by atoms with Gasteiger partial charge in [0.05, 0.1) is 5.56 Å². The first kappa shape index (κ1) is 11.7. The third-order valence-electron chi connectivity index (χ3n) is 2.87. The van der Waals surface area contributed by atoms with E-state index in [2.05, 4.69) is 0 Å². The van der Waals surface area contributed by atoms with E-state index in [1.807, 2.05) is 0 Å². The van der Waals surface area contributed by atoms with E-state index in [9.17, 15) is 18.4 Å². The molecule has 0 bridgehead atoms. The van der Waals surface area contributed by atoms with Gasteiger partial charge in [-0.3, -0.25) is 4.79 Å². The predicted molar refractivity (Wildman–Crippen MR) is 55.6 cm³/mol. The van der Waals surface area contributed by atoms with Crippen LogP contribution in [-0.2, 0) is 6.42 Å². The van der Waals surface area contributed by atoms with Crippen molar-refractivity contribution in [2.24, 2.45) is 0 Å². The zero-order valence-corrected chi connectivity index (χ0v) is 8.87. The van der Waals surface area contributed by atoms with Crippen molar-refractivity contribution in [3.05, 3.63) is 34.9 Å². The summed E-state index contributed by atoms with van der Waals surface area (Å²) in [5.74, 6) is -5.89. The molecular formula is C12H10F2O3. The fourth-order valence-corrected chi connectivity index (χ4v) is 1.95. The number of ketones is 1. The summed E-state index contributed by atoms with van der Waals surface area (Å²) < 4.78 is 26.7. The van der Waals surface area contributed by atoms with Crippen LogP contribution < -0.4 is 0 Å². The van der Waals surface area contributed by atoms with Crippen molar-refractivity contribution in [2.45, 2.75) is 25.2 Å². The Bertz CT molecular complexity index is 495. The third-order valence-corrected chi connectivity index (χ3v) is 2.87. The molecule has 5 heteroatoms. The van der Waals surface area contributed by atoms with Gasteiger partial charge in [-0.2, -0.15) is 8.78 Å². The van der Waals surface area contributed by atoms with Gasteiger partial charge in [-0.25, -0.2) is 4.79 Å². The summed E-state index contributed by atoms with van der Waals surface area (Å²) in [6.45, 7) is 0. The number of aryl methyl sites for hydroxylation is 1. The first-order valence-corrected chi connectivity index (χ1v) is 5.20. The monoisotopic (exact) mass is 240 g/mol. The van der Waals surface area contributed by atoms with Gasteiger partial charge < -0.3 is 5.11 Å². The van der Waals surface area contributed by atoms with Crippen molar-refractivity contribution < 1.29 is 23.5 Å². The molecule has 17 heavy (non-hydrogen) atoms. The molecule has 0 aliphatic heterocycles. The lowest BCUT2D eigenvalue weighted by atomic mass is 9.98. The molecule has 1 aliphatic rings. The number of carboxylic acids is 1. The highest BCUT2D eigenvalue weighted by molar-refractivity contribution is 6.04. The Labute approximate surface area is 96.1 Å². The van der Waals surface area contributed by atoms with E-state index in [-0.39, 0.29) is 17.5 Å². The van der Waals surface area contributed by atoms with Gasteiger partial charge in [-0.05, 0) is 30.5 Å². The molecule has 0 atom stereocenters. The highest BCUT2D eigenvalue weighted by Crippen LogP contribution is 2.32. The number of carbonyl (C=O) groups is 2. The van der Waals surface area contributed by atoms with E-state index < -0.39 is 24.1 Å². The van der Waals surface area contributed by atoms with Crippen LogP contribution in [0.5, 0.6) is 0 Å². The maximum atomic E-state index is 13.4. The molecule has 0 unspecified atom stereocenters. The molecule has 0 fully saturated rings. The molecule has 0 heterocycles. The number of Topliss-reactive ketones (excluding diaryl/α,β-unsaturated/α-hetero) is 1. The molecule has 0 saturated heterocycles. The van der Waals surface area contributed by atoms with Gasteiger partial charge in [-0.1, -0.05) is 6.07 Å². The summed E-state index contributed by atoms with van der Waals surface area (Å²) in [6, 6.07) is 3.81. The molecule has 0 radical (unpaired) electrons. The van der Waals surface area contributed by atoms with Crippen molar-refractivity contribution in [2.75, 3.05) is 0 Å². The number of alkyl halides is 2. The van der Waals surface area contributed by atoms with Crippen LogP contribution in [-0.4, -0.2) is 22.8 Å². The third kappa shape index (κ3) is 2.05. The molecule has 2 rings (SSSR count). The number of aromatic carboxylic acids is 1. The summed E-state index contributed by atoms with van der Waals surface area (Å²) in [6.07, 6.45) is 0.109. The number of carboxylic acid groups (broad SMARTS) is 1. The summed E-state index contributed by atoms with van der Waals surface area (Å²) in [5.41, 5.74) is 0.194. The molecule has 1 aromatic rings.